The van der Waals surface area contributed by atoms with Gasteiger partial charge in [-0.2, -0.15) is 0 Å². The molecule has 3 saturated carbocycles. The van der Waals surface area contributed by atoms with Gasteiger partial charge < -0.3 is 19.7 Å². The average molecular weight is 526 g/mol. The van der Waals surface area contributed by atoms with Gasteiger partial charge in [0.2, 0.25) is 5.91 Å². The fourth-order valence-electron chi connectivity index (χ4n) is 7.14. The minimum atomic E-state index is -0.957. The highest BCUT2D eigenvalue weighted by molar-refractivity contribution is 6.47. The molecule has 38 heavy (non-hydrogen) atoms. The van der Waals surface area contributed by atoms with Gasteiger partial charge in [-0.1, -0.05) is 65.3 Å². The first kappa shape index (κ1) is 29.3. The van der Waals surface area contributed by atoms with Crippen LogP contribution in [0.15, 0.2) is 24.3 Å². The molecule has 1 saturated heterocycles. The first-order valence-corrected chi connectivity index (χ1v) is 14.8. The van der Waals surface area contributed by atoms with E-state index < -0.39 is 19.1 Å². The number of unbranched alkanes of at least 4 members (excludes halogenated alkanes) is 1. The summed E-state index contributed by atoms with van der Waals surface area (Å²) in [4.78, 5) is 26.6. The Morgan fingerprint density at radius 1 is 1.13 bits per heavy atom. The van der Waals surface area contributed by atoms with E-state index in [4.69, 9.17) is 9.31 Å². The number of aliphatic hydroxyl groups is 1. The molecule has 1 aromatic carbocycles. The Bertz CT molecular complexity index is 992. The van der Waals surface area contributed by atoms with Gasteiger partial charge in [-0.25, -0.2) is 0 Å². The highest BCUT2D eigenvalue weighted by Gasteiger charge is 2.68. The van der Waals surface area contributed by atoms with E-state index in [1.807, 2.05) is 24.3 Å². The van der Waals surface area contributed by atoms with Gasteiger partial charge in [-0.05, 0) is 74.7 Å². The lowest BCUT2D eigenvalue weighted by Gasteiger charge is -2.64. The molecule has 5 rings (SSSR count). The second-order valence-electron chi connectivity index (χ2n) is 13.4. The second kappa shape index (κ2) is 11.4. The van der Waals surface area contributed by atoms with E-state index in [1.54, 1.807) is 6.92 Å². The topological polar surface area (TPSA) is 84.9 Å². The quantitative estimate of drug-likeness (QED) is 0.282. The Hall–Kier alpha value is -1.70. The third-order valence-electron chi connectivity index (χ3n) is 9.77. The number of ketones is 1. The molecule has 4 aliphatic rings. The van der Waals surface area contributed by atoms with Crippen molar-refractivity contribution in [3.05, 3.63) is 35.4 Å². The van der Waals surface area contributed by atoms with Crippen LogP contribution in [0.4, 0.5) is 0 Å². The van der Waals surface area contributed by atoms with E-state index >= 15 is 0 Å². The van der Waals surface area contributed by atoms with E-state index in [0.29, 0.717) is 29.7 Å². The van der Waals surface area contributed by atoms with Crippen LogP contribution in [0.5, 0.6) is 0 Å². The van der Waals surface area contributed by atoms with Crippen molar-refractivity contribution >= 4 is 18.8 Å². The van der Waals surface area contributed by atoms with Crippen LogP contribution < -0.4 is 5.32 Å². The predicted octanol–water partition coefficient (Wildman–Crippen LogP) is 5.40. The number of amides is 1. The average Bonchev–Trinajstić information content (AvgIpc) is 3.22. The van der Waals surface area contributed by atoms with Crippen molar-refractivity contribution < 1.29 is 24.0 Å². The van der Waals surface area contributed by atoms with Crippen molar-refractivity contribution in [3.63, 3.8) is 0 Å². The Labute approximate surface area is 229 Å². The van der Waals surface area contributed by atoms with Crippen LogP contribution in [0.25, 0.3) is 0 Å². The Kier molecular flexibility index (Phi) is 8.81. The summed E-state index contributed by atoms with van der Waals surface area (Å²) in [5.41, 5.74) is 1.66. The monoisotopic (exact) mass is 525 g/mol. The summed E-state index contributed by atoms with van der Waals surface area (Å²) >= 11 is 0. The number of Topliss-reactive ketones (excluding diaryl/α,β-unsaturated/α-hetero) is 1. The van der Waals surface area contributed by atoms with Gasteiger partial charge in [0.05, 0.1) is 29.7 Å². The first-order valence-electron chi connectivity index (χ1n) is 14.8. The molecule has 3 aliphatic carbocycles. The highest BCUT2D eigenvalue weighted by atomic mass is 16.7. The van der Waals surface area contributed by atoms with Crippen LogP contribution in [-0.2, 0) is 20.5 Å². The number of benzene rings is 1. The molecular formula is C31H48BNO5. The fraction of sp³-hybridized carbons (Fsp3) is 0.742. The SMILES string of the molecule is CCCCc1ccc(C(=O)C[C@H](C(=O)N[C@@H](CC(C)C)B2O[C@@H]3C[C@H]4C[C@H](C4(C)C)[C@]3(C)O2)[C@@H](C)O)cc1. The van der Waals surface area contributed by atoms with Gasteiger partial charge in [0.15, 0.2) is 5.78 Å². The zero-order valence-electron chi connectivity index (χ0n) is 24.5. The zero-order valence-corrected chi connectivity index (χ0v) is 24.5. The molecule has 1 heterocycles. The van der Waals surface area contributed by atoms with Crippen LogP contribution in [0.3, 0.4) is 0 Å². The molecule has 1 amide bonds. The number of rotatable bonds is 12. The van der Waals surface area contributed by atoms with Crippen LogP contribution in [0, 0.1) is 29.1 Å². The summed E-state index contributed by atoms with van der Waals surface area (Å²) in [6.45, 7) is 14.8. The maximum atomic E-state index is 13.5. The normalized spacial score (nSPS) is 29.8. The Morgan fingerprint density at radius 3 is 2.39 bits per heavy atom. The van der Waals surface area contributed by atoms with E-state index in [2.05, 4.69) is 46.9 Å². The molecular weight excluding hydrogens is 477 g/mol. The number of carbonyl (C=O) groups excluding carboxylic acids is 2. The summed E-state index contributed by atoms with van der Waals surface area (Å²) in [5.74, 6) is -0.251. The summed E-state index contributed by atoms with van der Waals surface area (Å²) in [5, 5.41) is 13.6. The number of carbonyl (C=O) groups is 2. The number of hydrogen-bond donors (Lipinski definition) is 2. The molecule has 0 radical (unpaired) electrons. The molecule has 0 unspecified atom stereocenters. The van der Waals surface area contributed by atoms with Crippen molar-refractivity contribution in [2.24, 2.45) is 29.1 Å². The number of aryl methyl sites for hydroxylation is 1. The molecule has 0 aromatic heterocycles. The minimum absolute atomic E-state index is 0.0327. The number of aliphatic hydroxyl groups excluding tert-OH is 1. The molecule has 1 aliphatic heterocycles. The molecule has 210 valence electrons. The lowest BCUT2D eigenvalue weighted by atomic mass is 9.43. The van der Waals surface area contributed by atoms with E-state index in [9.17, 15) is 14.7 Å². The van der Waals surface area contributed by atoms with Gasteiger partial charge in [0.25, 0.3) is 0 Å². The summed E-state index contributed by atoms with van der Waals surface area (Å²) < 4.78 is 13.2. The smallest absolute Gasteiger partial charge is 0.404 e. The molecule has 0 spiro atoms. The van der Waals surface area contributed by atoms with Gasteiger partial charge in [0, 0.05) is 12.0 Å². The van der Waals surface area contributed by atoms with Crippen LogP contribution in [0.2, 0.25) is 0 Å². The molecule has 6 nitrogen and oxygen atoms in total. The standard InChI is InChI=1S/C31H48BNO5/c1-8-9-10-21-11-13-22(14-12-21)25(35)18-24(20(4)34)29(36)33-28(15-19(2)3)32-37-27-17-23-16-26(30(23,5)6)31(27,7)38-32/h11-14,19-20,23-24,26-28,34H,8-10,15-18H2,1-7H3,(H,33,36)/t20-,23-,24+,26-,27-,28+,31+/m1/s1. The fourth-order valence-corrected chi connectivity index (χ4v) is 7.14. The van der Waals surface area contributed by atoms with Gasteiger partial charge >= 0.3 is 7.12 Å². The Balaban J connectivity index is 1.43. The molecule has 2 N–H and O–H groups in total. The van der Waals surface area contributed by atoms with Crippen LogP contribution in [-0.4, -0.2) is 47.7 Å². The van der Waals surface area contributed by atoms with Crippen molar-refractivity contribution in [2.45, 2.75) is 117 Å². The lowest BCUT2D eigenvalue weighted by molar-refractivity contribution is -0.199. The predicted molar refractivity (Wildman–Crippen MR) is 151 cm³/mol. The zero-order chi connectivity index (χ0) is 27.8. The highest BCUT2D eigenvalue weighted by Crippen LogP contribution is 2.65. The number of nitrogens with one attached hydrogen (secondary N) is 1. The maximum absolute atomic E-state index is 13.5. The maximum Gasteiger partial charge on any atom is 0.481 e. The van der Waals surface area contributed by atoms with Gasteiger partial charge in [0.1, 0.15) is 0 Å². The van der Waals surface area contributed by atoms with Crippen LogP contribution >= 0.6 is 0 Å². The van der Waals surface area contributed by atoms with Crippen molar-refractivity contribution in [1.82, 2.24) is 5.32 Å². The van der Waals surface area contributed by atoms with Gasteiger partial charge in [-0.3, -0.25) is 9.59 Å². The molecule has 4 fully saturated rings. The molecule has 7 atom stereocenters. The van der Waals surface area contributed by atoms with Crippen molar-refractivity contribution in [1.29, 1.82) is 0 Å². The van der Waals surface area contributed by atoms with Crippen molar-refractivity contribution in [2.75, 3.05) is 0 Å². The third-order valence-corrected chi connectivity index (χ3v) is 9.77. The minimum Gasteiger partial charge on any atom is -0.404 e. The molecule has 7 heteroatoms. The van der Waals surface area contributed by atoms with Crippen LogP contribution in [0.1, 0.15) is 103 Å². The van der Waals surface area contributed by atoms with E-state index in [1.165, 1.54) is 12.0 Å². The van der Waals surface area contributed by atoms with Crippen molar-refractivity contribution in [3.8, 4) is 0 Å². The van der Waals surface area contributed by atoms with Gasteiger partial charge in [-0.15, -0.1) is 0 Å². The summed E-state index contributed by atoms with van der Waals surface area (Å²) in [6, 6.07) is 7.64. The largest absolute Gasteiger partial charge is 0.481 e. The Morgan fingerprint density at radius 2 is 1.82 bits per heavy atom. The molecule has 2 bridgehead atoms. The summed E-state index contributed by atoms with van der Waals surface area (Å²) in [6.07, 6.45) is 5.11. The third kappa shape index (κ3) is 5.76. The van der Waals surface area contributed by atoms with E-state index in [-0.39, 0.29) is 41.2 Å². The summed E-state index contributed by atoms with van der Waals surface area (Å²) in [7, 11) is -0.535. The molecule has 1 aromatic rings. The second-order valence-corrected chi connectivity index (χ2v) is 13.4. The first-order chi connectivity index (χ1) is 17.9. The number of hydrogen-bond acceptors (Lipinski definition) is 5. The lowest BCUT2D eigenvalue weighted by Crippen LogP contribution is -2.65. The van der Waals surface area contributed by atoms with E-state index in [0.717, 1.165) is 25.7 Å².